The zero-order chi connectivity index (χ0) is 32.3. The molecular formula is C33H35FN4O6S. The molecule has 0 spiro atoms. The van der Waals surface area contributed by atoms with Gasteiger partial charge in [0.05, 0.1) is 41.0 Å². The molecule has 5 rings (SSSR count). The molecule has 4 aromatic carbocycles. The molecule has 0 saturated carbocycles. The first-order valence-electron chi connectivity index (χ1n) is 14.5. The number of nitrogens with one attached hydrogen (secondary N) is 2. The van der Waals surface area contributed by atoms with Crippen molar-refractivity contribution < 1.29 is 32.2 Å². The minimum atomic E-state index is -4.19. The summed E-state index contributed by atoms with van der Waals surface area (Å²) in [6.07, 6.45) is -0.690. The lowest BCUT2D eigenvalue weighted by molar-refractivity contribution is 0.0373. The number of halogens is 1. The summed E-state index contributed by atoms with van der Waals surface area (Å²) in [5.74, 6) is -1.38. The Balaban J connectivity index is 1.47. The van der Waals surface area contributed by atoms with Crippen LogP contribution in [0.4, 0.5) is 20.6 Å². The highest BCUT2D eigenvalue weighted by Crippen LogP contribution is 2.36. The van der Waals surface area contributed by atoms with Crippen molar-refractivity contribution in [3.63, 3.8) is 0 Å². The van der Waals surface area contributed by atoms with E-state index in [9.17, 15) is 27.5 Å². The Morgan fingerprint density at radius 2 is 1.71 bits per heavy atom. The Kier molecular flexibility index (Phi) is 9.26. The number of rotatable bonds is 8. The minimum Gasteiger partial charge on any atom is -0.485 e. The van der Waals surface area contributed by atoms with E-state index in [1.807, 2.05) is 49.4 Å². The van der Waals surface area contributed by atoms with Crippen LogP contribution in [-0.4, -0.2) is 74.2 Å². The number of amides is 3. The summed E-state index contributed by atoms with van der Waals surface area (Å²) in [6, 6.07) is 21.3. The molecular weight excluding hydrogens is 599 g/mol. The fraction of sp³-hybridized carbons (Fsp3) is 0.273. The molecule has 0 bridgehead atoms. The van der Waals surface area contributed by atoms with Crippen LogP contribution in [-0.2, 0) is 10.0 Å². The second-order valence-corrected chi connectivity index (χ2v) is 12.9. The molecule has 45 heavy (non-hydrogen) atoms. The Morgan fingerprint density at radius 3 is 2.44 bits per heavy atom. The first-order valence-corrected chi connectivity index (χ1v) is 16.0. The lowest BCUT2D eigenvalue weighted by Gasteiger charge is -2.38. The predicted octanol–water partition coefficient (Wildman–Crippen LogP) is 5.16. The van der Waals surface area contributed by atoms with Crippen molar-refractivity contribution in [2.45, 2.75) is 30.9 Å². The van der Waals surface area contributed by atoms with Gasteiger partial charge in [-0.2, -0.15) is 0 Å². The van der Waals surface area contributed by atoms with Crippen molar-refractivity contribution in [1.29, 1.82) is 0 Å². The number of likely N-dealkylation sites (N-methyl/N-ethyl adjacent to an activating group) is 1. The molecule has 1 aliphatic heterocycles. The van der Waals surface area contributed by atoms with Gasteiger partial charge in [0.2, 0.25) is 0 Å². The standard InChI is InChI=1S/C33H35FN4O6S/c1-21-18-38(22(2)20-39)32(40)27-11-7-13-29(36-45(42,43)25-16-14-24(34)15-17-25)31(27)44-30(21)19-37(3)33(41)35-28-12-6-9-23-8-4-5-10-26(23)28/h4-17,21-22,30,36,39H,18-20H2,1-3H3,(H,35,41)/t21-,22+,30-/m1/s1. The first kappa shape index (κ1) is 31.7. The van der Waals surface area contributed by atoms with Gasteiger partial charge < -0.3 is 25.0 Å². The molecule has 1 aliphatic rings. The van der Waals surface area contributed by atoms with Gasteiger partial charge in [0.25, 0.3) is 15.9 Å². The highest BCUT2D eigenvalue weighted by molar-refractivity contribution is 7.92. The molecule has 236 valence electrons. The highest BCUT2D eigenvalue weighted by atomic mass is 32.2. The minimum absolute atomic E-state index is 0.00346. The van der Waals surface area contributed by atoms with E-state index >= 15 is 0 Å². The molecule has 0 unspecified atom stereocenters. The fourth-order valence-electron chi connectivity index (χ4n) is 5.26. The smallest absolute Gasteiger partial charge is 0.321 e. The van der Waals surface area contributed by atoms with Crippen LogP contribution >= 0.6 is 0 Å². The van der Waals surface area contributed by atoms with Crippen molar-refractivity contribution in [3.8, 4) is 5.75 Å². The monoisotopic (exact) mass is 634 g/mol. The lowest BCUT2D eigenvalue weighted by Crippen LogP contribution is -2.50. The summed E-state index contributed by atoms with van der Waals surface area (Å²) >= 11 is 0. The van der Waals surface area contributed by atoms with E-state index in [0.29, 0.717) is 5.69 Å². The number of aliphatic hydroxyl groups excluding tert-OH is 1. The molecule has 10 nitrogen and oxygen atoms in total. The van der Waals surface area contributed by atoms with Crippen LogP contribution in [0.1, 0.15) is 24.2 Å². The number of carbonyl (C=O) groups is 2. The number of sulfonamides is 1. The summed E-state index contributed by atoms with van der Waals surface area (Å²) in [7, 11) is -2.57. The second kappa shape index (κ2) is 13.1. The van der Waals surface area contributed by atoms with Gasteiger partial charge in [-0.25, -0.2) is 17.6 Å². The number of hydrogen-bond acceptors (Lipinski definition) is 6. The maximum Gasteiger partial charge on any atom is 0.321 e. The summed E-state index contributed by atoms with van der Waals surface area (Å²) in [5.41, 5.74) is 0.742. The van der Waals surface area contributed by atoms with Crippen molar-refractivity contribution in [3.05, 3.63) is 96.3 Å². The number of ether oxygens (including phenoxy) is 1. The molecule has 1 heterocycles. The SMILES string of the molecule is C[C@@H]1CN([C@@H](C)CO)C(=O)c2cccc(NS(=O)(=O)c3ccc(F)cc3)c2O[C@@H]1CN(C)C(=O)Nc1cccc2ccccc12. The number of anilines is 2. The Bertz CT molecular complexity index is 1810. The van der Waals surface area contributed by atoms with Crippen molar-refractivity contribution >= 4 is 44.1 Å². The Labute approximate surface area is 261 Å². The Hall–Kier alpha value is -4.68. The summed E-state index contributed by atoms with van der Waals surface area (Å²) in [5, 5.41) is 14.8. The summed E-state index contributed by atoms with van der Waals surface area (Å²) in [4.78, 5) is 29.9. The number of urea groups is 1. The zero-order valence-corrected chi connectivity index (χ0v) is 25.9. The average Bonchev–Trinajstić information content (AvgIpc) is 3.02. The summed E-state index contributed by atoms with van der Waals surface area (Å²) < 4.78 is 48.9. The maximum atomic E-state index is 13.7. The van der Waals surface area contributed by atoms with Crippen molar-refractivity contribution in [1.82, 2.24) is 9.80 Å². The van der Waals surface area contributed by atoms with Crippen LogP contribution in [0.2, 0.25) is 0 Å². The van der Waals surface area contributed by atoms with Crippen LogP contribution in [0, 0.1) is 11.7 Å². The van der Waals surface area contributed by atoms with E-state index in [1.165, 1.54) is 28.0 Å². The van der Waals surface area contributed by atoms with Crippen LogP contribution in [0.5, 0.6) is 5.75 Å². The third kappa shape index (κ3) is 6.86. The normalized spacial score (nSPS) is 17.4. The van der Waals surface area contributed by atoms with E-state index < -0.39 is 33.9 Å². The quantitative estimate of drug-likeness (QED) is 0.246. The number of benzene rings is 4. The van der Waals surface area contributed by atoms with Gasteiger partial charge in [0, 0.05) is 24.9 Å². The van der Waals surface area contributed by atoms with E-state index in [2.05, 4.69) is 10.0 Å². The Morgan fingerprint density at radius 1 is 1.04 bits per heavy atom. The third-order valence-corrected chi connectivity index (χ3v) is 9.27. The van der Waals surface area contributed by atoms with Gasteiger partial charge in [-0.1, -0.05) is 49.4 Å². The molecule has 4 aromatic rings. The van der Waals surface area contributed by atoms with Gasteiger partial charge in [-0.15, -0.1) is 0 Å². The first-order chi connectivity index (χ1) is 21.5. The van der Waals surface area contributed by atoms with Gasteiger partial charge >= 0.3 is 6.03 Å². The number of nitrogens with zero attached hydrogens (tertiary/aromatic N) is 2. The topological polar surface area (TPSA) is 128 Å². The van der Waals surface area contributed by atoms with Gasteiger partial charge in [-0.05, 0) is 54.8 Å². The molecule has 0 fully saturated rings. The van der Waals surface area contributed by atoms with Crippen molar-refractivity contribution in [2.24, 2.45) is 5.92 Å². The molecule has 3 amide bonds. The number of carbonyl (C=O) groups excluding carboxylic acids is 2. The van der Waals surface area contributed by atoms with E-state index in [-0.39, 0.29) is 53.5 Å². The number of para-hydroxylation sites is 1. The van der Waals surface area contributed by atoms with Crippen LogP contribution in [0.3, 0.4) is 0 Å². The number of hydrogen-bond donors (Lipinski definition) is 3. The van der Waals surface area contributed by atoms with E-state index in [4.69, 9.17) is 4.74 Å². The number of aliphatic hydroxyl groups is 1. The molecule has 0 aromatic heterocycles. The van der Waals surface area contributed by atoms with E-state index in [0.717, 1.165) is 35.0 Å². The van der Waals surface area contributed by atoms with Gasteiger partial charge in [0.15, 0.2) is 5.75 Å². The highest BCUT2D eigenvalue weighted by Gasteiger charge is 2.35. The predicted molar refractivity (Wildman–Crippen MR) is 170 cm³/mol. The second-order valence-electron chi connectivity index (χ2n) is 11.2. The largest absolute Gasteiger partial charge is 0.485 e. The molecule has 0 aliphatic carbocycles. The molecule has 0 saturated heterocycles. The van der Waals surface area contributed by atoms with Crippen molar-refractivity contribution in [2.75, 3.05) is 36.8 Å². The van der Waals surface area contributed by atoms with Gasteiger partial charge in [-0.3, -0.25) is 9.52 Å². The summed E-state index contributed by atoms with van der Waals surface area (Å²) in [6.45, 7) is 3.60. The molecule has 0 radical (unpaired) electrons. The van der Waals surface area contributed by atoms with Crippen LogP contribution < -0.4 is 14.8 Å². The molecule has 3 N–H and O–H groups in total. The van der Waals surface area contributed by atoms with Crippen LogP contribution in [0.25, 0.3) is 10.8 Å². The zero-order valence-electron chi connectivity index (χ0n) is 25.1. The lowest BCUT2D eigenvalue weighted by atomic mass is 9.99. The third-order valence-electron chi connectivity index (χ3n) is 7.89. The molecule has 3 atom stereocenters. The molecule has 12 heteroatoms. The average molecular weight is 635 g/mol. The van der Waals surface area contributed by atoms with Gasteiger partial charge in [0.1, 0.15) is 11.9 Å². The van der Waals surface area contributed by atoms with E-state index in [1.54, 1.807) is 14.0 Å². The maximum absolute atomic E-state index is 13.7. The van der Waals surface area contributed by atoms with Crippen LogP contribution in [0.15, 0.2) is 89.8 Å². The number of fused-ring (bicyclic) bond motifs is 2. The fourth-order valence-corrected chi connectivity index (χ4v) is 6.32.